The Morgan fingerprint density at radius 2 is 1.78 bits per heavy atom. The Balaban J connectivity index is 1.78. The van der Waals surface area contributed by atoms with Gasteiger partial charge in [-0.1, -0.05) is 47.5 Å². The second-order valence-corrected chi connectivity index (χ2v) is 8.39. The van der Waals surface area contributed by atoms with Crippen molar-refractivity contribution in [2.75, 3.05) is 23.8 Å². The van der Waals surface area contributed by atoms with Crippen LogP contribution in [-0.4, -0.2) is 25.0 Å². The smallest absolute Gasteiger partial charge is 0.266 e. The van der Waals surface area contributed by atoms with Gasteiger partial charge in [-0.2, -0.15) is 5.26 Å². The third-order valence-corrected chi connectivity index (χ3v) is 5.39. The molecule has 184 valence electrons. The van der Waals surface area contributed by atoms with E-state index in [4.69, 9.17) is 32.7 Å². The molecular weight excluding hydrogens is 501 g/mol. The number of hydrogen-bond acceptors (Lipinski definition) is 5. The van der Waals surface area contributed by atoms with E-state index in [1.807, 2.05) is 31.2 Å². The van der Waals surface area contributed by atoms with Gasteiger partial charge in [0.1, 0.15) is 11.6 Å². The van der Waals surface area contributed by atoms with Crippen molar-refractivity contribution in [3.63, 3.8) is 0 Å². The SMILES string of the molecule is CCOc1cc(/C=C(\C#N)C(=O)Nc2ccccc2Cl)cc(Cl)c1OCC(=O)Nc1cccc(C)c1. The number of aryl methyl sites for hydroxylation is 1. The van der Waals surface area contributed by atoms with Gasteiger partial charge in [0, 0.05) is 5.69 Å². The zero-order valence-electron chi connectivity index (χ0n) is 19.6. The van der Waals surface area contributed by atoms with Crippen molar-refractivity contribution in [1.29, 1.82) is 5.26 Å². The summed E-state index contributed by atoms with van der Waals surface area (Å²) in [6, 6.07) is 19.0. The minimum absolute atomic E-state index is 0.152. The minimum Gasteiger partial charge on any atom is -0.490 e. The Morgan fingerprint density at radius 3 is 2.47 bits per heavy atom. The number of hydrogen-bond donors (Lipinski definition) is 2. The molecule has 0 bridgehead atoms. The quantitative estimate of drug-likeness (QED) is 0.254. The maximum Gasteiger partial charge on any atom is 0.266 e. The van der Waals surface area contributed by atoms with E-state index in [0.29, 0.717) is 28.6 Å². The van der Waals surface area contributed by atoms with Crippen LogP contribution in [0.5, 0.6) is 11.5 Å². The number of para-hydroxylation sites is 1. The molecule has 0 saturated carbocycles. The molecule has 0 aliphatic rings. The van der Waals surface area contributed by atoms with Crippen LogP contribution in [0.3, 0.4) is 0 Å². The molecule has 0 fully saturated rings. The summed E-state index contributed by atoms with van der Waals surface area (Å²) in [5.74, 6) is -0.559. The average Bonchev–Trinajstić information content (AvgIpc) is 2.83. The molecule has 3 aromatic carbocycles. The van der Waals surface area contributed by atoms with Crippen LogP contribution in [0.4, 0.5) is 11.4 Å². The summed E-state index contributed by atoms with van der Waals surface area (Å²) in [6.07, 6.45) is 1.37. The first-order valence-electron chi connectivity index (χ1n) is 10.9. The first kappa shape index (κ1) is 26.6. The normalized spacial score (nSPS) is 10.8. The van der Waals surface area contributed by atoms with Crippen molar-refractivity contribution in [1.82, 2.24) is 0 Å². The van der Waals surface area contributed by atoms with Gasteiger partial charge in [0.15, 0.2) is 18.1 Å². The highest BCUT2D eigenvalue weighted by atomic mass is 35.5. The Bertz CT molecular complexity index is 1350. The van der Waals surface area contributed by atoms with Crippen LogP contribution in [0.1, 0.15) is 18.1 Å². The van der Waals surface area contributed by atoms with E-state index in [1.165, 1.54) is 12.1 Å². The summed E-state index contributed by atoms with van der Waals surface area (Å²) in [7, 11) is 0. The highest BCUT2D eigenvalue weighted by Gasteiger charge is 2.16. The second-order valence-electron chi connectivity index (χ2n) is 7.57. The molecule has 0 aromatic heterocycles. The second kappa shape index (κ2) is 12.6. The maximum absolute atomic E-state index is 12.6. The zero-order valence-corrected chi connectivity index (χ0v) is 21.1. The van der Waals surface area contributed by atoms with Gasteiger partial charge in [-0.3, -0.25) is 9.59 Å². The van der Waals surface area contributed by atoms with E-state index < -0.39 is 5.91 Å². The molecule has 0 radical (unpaired) electrons. The van der Waals surface area contributed by atoms with Crippen molar-refractivity contribution in [2.45, 2.75) is 13.8 Å². The van der Waals surface area contributed by atoms with Gasteiger partial charge in [0.05, 0.1) is 22.3 Å². The van der Waals surface area contributed by atoms with Crippen LogP contribution in [0.15, 0.2) is 66.2 Å². The van der Waals surface area contributed by atoms with Gasteiger partial charge in [-0.25, -0.2) is 0 Å². The Labute approximate surface area is 219 Å². The predicted molar refractivity (Wildman–Crippen MR) is 142 cm³/mol. The fraction of sp³-hybridized carbons (Fsp3) is 0.148. The lowest BCUT2D eigenvalue weighted by molar-refractivity contribution is -0.118. The van der Waals surface area contributed by atoms with E-state index in [9.17, 15) is 14.9 Å². The number of nitriles is 1. The molecule has 0 heterocycles. The monoisotopic (exact) mass is 523 g/mol. The molecular formula is C27H23Cl2N3O4. The lowest BCUT2D eigenvalue weighted by atomic mass is 10.1. The molecule has 0 saturated heterocycles. The number of nitrogens with zero attached hydrogens (tertiary/aromatic N) is 1. The topological polar surface area (TPSA) is 100 Å². The number of amides is 2. The van der Waals surface area contributed by atoms with Gasteiger partial charge >= 0.3 is 0 Å². The molecule has 0 unspecified atom stereocenters. The highest BCUT2D eigenvalue weighted by Crippen LogP contribution is 2.37. The third-order valence-electron chi connectivity index (χ3n) is 4.78. The van der Waals surface area contributed by atoms with Crippen molar-refractivity contribution >= 4 is 52.5 Å². The molecule has 36 heavy (non-hydrogen) atoms. The molecule has 3 aromatic rings. The molecule has 0 aliphatic heterocycles. The van der Waals surface area contributed by atoms with Crippen LogP contribution >= 0.6 is 23.2 Å². The van der Waals surface area contributed by atoms with Gasteiger partial charge in [0.25, 0.3) is 11.8 Å². The predicted octanol–water partition coefficient (Wildman–Crippen LogP) is 6.26. The Kier molecular flexibility index (Phi) is 9.34. The molecule has 2 N–H and O–H groups in total. The fourth-order valence-electron chi connectivity index (χ4n) is 3.20. The van der Waals surface area contributed by atoms with Gasteiger partial charge < -0.3 is 20.1 Å². The minimum atomic E-state index is -0.632. The number of carbonyl (C=O) groups excluding carboxylic acids is 2. The van der Waals surface area contributed by atoms with Crippen LogP contribution in [0.25, 0.3) is 6.08 Å². The Hall–Kier alpha value is -3.99. The molecule has 0 spiro atoms. The van der Waals surface area contributed by atoms with Crippen LogP contribution < -0.4 is 20.1 Å². The molecule has 3 rings (SSSR count). The van der Waals surface area contributed by atoms with Gasteiger partial charge in [0.2, 0.25) is 0 Å². The van der Waals surface area contributed by atoms with Crippen LogP contribution in [0.2, 0.25) is 10.0 Å². The van der Waals surface area contributed by atoms with E-state index in [-0.39, 0.29) is 34.6 Å². The van der Waals surface area contributed by atoms with Crippen molar-refractivity contribution in [2.24, 2.45) is 0 Å². The largest absolute Gasteiger partial charge is 0.490 e. The maximum atomic E-state index is 12.6. The number of anilines is 2. The third kappa shape index (κ3) is 7.25. The summed E-state index contributed by atoms with van der Waals surface area (Å²) >= 11 is 12.5. The van der Waals surface area contributed by atoms with E-state index >= 15 is 0 Å². The summed E-state index contributed by atoms with van der Waals surface area (Å²) in [4.78, 5) is 25.0. The van der Waals surface area contributed by atoms with Crippen molar-refractivity contribution in [3.05, 3.63) is 87.4 Å². The fourth-order valence-corrected chi connectivity index (χ4v) is 3.66. The number of nitrogens with one attached hydrogen (secondary N) is 2. The van der Waals surface area contributed by atoms with Crippen molar-refractivity contribution in [3.8, 4) is 17.6 Å². The highest BCUT2D eigenvalue weighted by molar-refractivity contribution is 6.34. The molecule has 0 aliphatic carbocycles. The molecule has 7 nitrogen and oxygen atoms in total. The summed E-state index contributed by atoms with van der Waals surface area (Å²) in [5.41, 5.74) is 2.31. The summed E-state index contributed by atoms with van der Waals surface area (Å²) in [6.45, 7) is 3.71. The standard InChI is InChI=1S/C27H23Cl2N3O4/c1-3-35-24-14-18(12-19(15-30)27(34)32-23-10-5-4-9-21(23)28)13-22(29)26(24)36-16-25(33)31-20-8-6-7-17(2)11-20/h4-14H,3,16H2,1-2H3,(H,31,33)(H,32,34)/b19-12+. The van der Waals surface area contributed by atoms with E-state index in [1.54, 1.807) is 43.3 Å². The van der Waals surface area contributed by atoms with Crippen molar-refractivity contribution < 1.29 is 19.1 Å². The first-order chi connectivity index (χ1) is 17.3. The van der Waals surface area contributed by atoms with E-state index in [0.717, 1.165) is 5.56 Å². The molecule has 9 heteroatoms. The van der Waals surface area contributed by atoms with Gasteiger partial charge in [-0.05, 0) is 67.4 Å². The van der Waals surface area contributed by atoms with Crippen LogP contribution in [-0.2, 0) is 9.59 Å². The first-order valence-corrected chi connectivity index (χ1v) is 11.7. The number of halogens is 2. The summed E-state index contributed by atoms with van der Waals surface area (Å²) < 4.78 is 11.3. The number of rotatable bonds is 9. The Morgan fingerprint density at radius 1 is 1.00 bits per heavy atom. The molecule has 0 atom stereocenters. The van der Waals surface area contributed by atoms with Gasteiger partial charge in [-0.15, -0.1) is 0 Å². The zero-order chi connectivity index (χ0) is 26.1. The lowest BCUT2D eigenvalue weighted by Crippen LogP contribution is -2.20. The number of ether oxygens (including phenoxy) is 2. The average molecular weight is 524 g/mol. The lowest BCUT2D eigenvalue weighted by Gasteiger charge is -2.15. The number of carbonyl (C=O) groups is 2. The molecule has 2 amide bonds. The number of benzene rings is 3. The summed E-state index contributed by atoms with van der Waals surface area (Å²) in [5, 5.41) is 15.4. The van der Waals surface area contributed by atoms with Crippen LogP contribution in [0, 0.1) is 18.3 Å². The van der Waals surface area contributed by atoms with E-state index in [2.05, 4.69) is 10.6 Å².